The Morgan fingerprint density at radius 1 is 1.17 bits per heavy atom. The van der Waals surface area contributed by atoms with E-state index in [-0.39, 0.29) is 12.1 Å². The number of para-hydroxylation sites is 1. The number of hydrogen-bond acceptors (Lipinski definition) is 4. The molecule has 2 aromatic carbocycles. The van der Waals surface area contributed by atoms with Crippen molar-refractivity contribution < 1.29 is 18.7 Å². The SMILES string of the molecule is CCc1oc2ccccc2c1CN(C)C(=O)Nc1ccc(CN2CCOC2=O)cc1. The van der Waals surface area contributed by atoms with Crippen molar-refractivity contribution in [3.05, 3.63) is 65.4 Å². The lowest BCUT2D eigenvalue weighted by Crippen LogP contribution is -2.31. The van der Waals surface area contributed by atoms with Gasteiger partial charge in [0.2, 0.25) is 0 Å². The maximum atomic E-state index is 12.7. The van der Waals surface area contributed by atoms with Gasteiger partial charge < -0.3 is 24.3 Å². The van der Waals surface area contributed by atoms with Crippen molar-refractivity contribution in [3.63, 3.8) is 0 Å². The highest BCUT2D eigenvalue weighted by Gasteiger charge is 2.22. The summed E-state index contributed by atoms with van der Waals surface area (Å²) < 4.78 is 10.9. The number of anilines is 1. The Labute approximate surface area is 175 Å². The van der Waals surface area contributed by atoms with E-state index in [1.165, 1.54) is 0 Å². The maximum absolute atomic E-state index is 12.7. The molecule has 1 aliphatic heterocycles. The van der Waals surface area contributed by atoms with Crippen molar-refractivity contribution in [2.24, 2.45) is 0 Å². The standard InChI is InChI=1S/C23H25N3O4/c1-3-20-19(18-6-4-5-7-21(18)30-20)15-25(2)22(27)24-17-10-8-16(9-11-17)14-26-12-13-29-23(26)28/h4-11H,3,12-15H2,1-2H3,(H,24,27). The number of carbonyl (C=O) groups excluding carboxylic acids is 2. The van der Waals surface area contributed by atoms with Gasteiger partial charge in [-0.25, -0.2) is 9.59 Å². The van der Waals surface area contributed by atoms with Gasteiger partial charge in [0, 0.05) is 36.7 Å². The summed E-state index contributed by atoms with van der Waals surface area (Å²) in [7, 11) is 1.77. The normalized spacial score (nSPS) is 13.5. The van der Waals surface area contributed by atoms with E-state index >= 15 is 0 Å². The number of rotatable bonds is 6. The Bertz CT molecular complexity index is 1060. The van der Waals surface area contributed by atoms with Gasteiger partial charge in [0.25, 0.3) is 0 Å². The van der Waals surface area contributed by atoms with Gasteiger partial charge in [-0.3, -0.25) is 0 Å². The van der Waals surface area contributed by atoms with Crippen LogP contribution in [0, 0.1) is 0 Å². The largest absolute Gasteiger partial charge is 0.461 e. The molecule has 0 unspecified atom stereocenters. The van der Waals surface area contributed by atoms with Crippen molar-refractivity contribution >= 4 is 28.8 Å². The van der Waals surface area contributed by atoms with Crippen LogP contribution in [0.5, 0.6) is 0 Å². The number of nitrogens with one attached hydrogen (secondary N) is 1. The lowest BCUT2D eigenvalue weighted by Gasteiger charge is -2.18. The van der Waals surface area contributed by atoms with Crippen LogP contribution in [0.3, 0.4) is 0 Å². The number of benzene rings is 2. The molecule has 0 saturated carbocycles. The number of fused-ring (bicyclic) bond motifs is 1. The fourth-order valence-corrected chi connectivity index (χ4v) is 3.62. The molecule has 1 N–H and O–H groups in total. The second kappa shape index (κ2) is 8.49. The Balaban J connectivity index is 1.40. The zero-order valence-corrected chi connectivity index (χ0v) is 17.2. The summed E-state index contributed by atoms with van der Waals surface area (Å²) in [5.74, 6) is 0.903. The molecule has 0 aliphatic carbocycles. The van der Waals surface area contributed by atoms with E-state index in [9.17, 15) is 9.59 Å². The molecule has 30 heavy (non-hydrogen) atoms. The fourth-order valence-electron chi connectivity index (χ4n) is 3.62. The van der Waals surface area contributed by atoms with Crippen molar-refractivity contribution in [1.29, 1.82) is 0 Å². The second-order valence-corrected chi connectivity index (χ2v) is 7.37. The molecule has 0 radical (unpaired) electrons. The van der Waals surface area contributed by atoms with Gasteiger partial charge in [0.05, 0.1) is 13.1 Å². The van der Waals surface area contributed by atoms with Crippen molar-refractivity contribution in [3.8, 4) is 0 Å². The summed E-state index contributed by atoms with van der Waals surface area (Å²) in [6.07, 6.45) is 0.484. The summed E-state index contributed by atoms with van der Waals surface area (Å²) >= 11 is 0. The van der Waals surface area contributed by atoms with Gasteiger partial charge in [0.15, 0.2) is 0 Å². The van der Waals surface area contributed by atoms with Crippen LogP contribution in [0.1, 0.15) is 23.8 Å². The third kappa shape index (κ3) is 4.10. The molecule has 1 saturated heterocycles. The molecular formula is C23H25N3O4. The number of nitrogens with zero attached hydrogens (tertiary/aromatic N) is 2. The lowest BCUT2D eigenvalue weighted by atomic mass is 10.1. The number of carbonyl (C=O) groups is 2. The van der Waals surface area contributed by atoms with Gasteiger partial charge in [-0.1, -0.05) is 37.3 Å². The number of amides is 3. The van der Waals surface area contributed by atoms with Gasteiger partial charge >= 0.3 is 12.1 Å². The number of aryl methyl sites for hydroxylation is 1. The van der Waals surface area contributed by atoms with E-state index in [0.29, 0.717) is 31.9 Å². The first-order chi connectivity index (χ1) is 14.5. The monoisotopic (exact) mass is 407 g/mol. The van der Waals surface area contributed by atoms with Gasteiger partial charge in [-0.05, 0) is 23.8 Å². The molecule has 7 nitrogen and oxygen atoms in total. The molecule has 1 fully saturated rings. The molecule has 0 atom stereocenters. The van der Waals surface area contributed by atoms with Gasteiger partial charge in [0.1, 0.15) is 18.0 Å². The number of hydrogen-bond donors (Lipinski definition) is 1. The molecule has 7 heteroatoms. The zero-order chi connectivity index (χ0) is 21.1. The molecule has 2 heterocycles. The third-order valence-corrected chi connectivity index (χ3v) is 5.27. The molecule has 4 rings (SSSR count). The van der Waals surface area contributed by atoms with Crippen LogP contribution in [-0.2, 0) is 24.2 Å². The van der Waals surface area contributed by atoms with E-state index in [0.717, 1.165) is 34.3 Å². The Morgan fingerprint density at radius 2 is 1.93 bits per heavy atom. The van der Waals surface area contributed by atoms with Crippen LogP contribution in [-0.4, -0.2) is 42.1 Å². The van der Waals surface area contributed by atoms with Crippen LogP contribution in [0.2, 0.25) is 0 Å². The summed E-state index contributed by atoms with van der Waals surface area (Å²) in [4.78, 5) is 27.6. The van der Waals surface area contributed by atoms with E-state index in [2.05, 4.69) is 5.32 Å². The molecule has 0 bridgehead atoms. The van der Waals surface area contributed by atoms with E-state index in [4.69, 9.17) is 9.15 Å². The highest BCUT2D eigenvalue weighted by Crippen LogP contribution is 2.27. The van der Waals surface area contributed by atoms with E-state index < -0.39 is 0 Å². The predicted molar refractivity (Wildman–Crippen MR) is 114 cm³/mol. The van der Waals surface area contributed by atoms with Crippen LogP contribution < -0.4 is 5.32 Å². The minimum Gasteiger partial charge on any atom is -0.461 e. The van der Waals surface area contributed by atoms with Crippen molar-refractivity contribution in [1.82, 2.24) is 9.80 Å². The Hall–Kier alpha value is -3.48. The first-order valence-electron chi connectivity index (χ1n) is 10.1. The molecule has 1 aliphatic rings. The van der Waals surface area contributed by atoms with Crippen molar-refractivity contribution in [2.75, 3.05) is 25.5 Å². The average Bonchev–Trinajstić information content (AvgIpc) is 3.32. The first-order valence-corrected chi connectivity index (χ1v) is 10.1. The lowest BCUT2D eigenvalue weighted by molar-refractivity contribution is 0.157. The topological polar surface area (TPSA) is 75.0 Å². The summed E-state index contributed by atoms with van der Waals surface area (Å²) in [6.45, 7) is 4.04. The minimum absolute atomic E-state index is 0.196. The fraction of sp³-hybridized carbons (Fsp3) is 0.304. The number of ether oxygens (including phenoxy) is 1. The zero-order valence-electron chi connectivity index (χ0n) is 17.2. The predicted octanol–water partition coefficient (Wildman–Crippen LogP) is 4.61. The number of cyclic esters (lactones) is 1. The Kier molecular flexibility index (Phi) is 5.61. The van der Waals surface area contributed by atoms with Crippen LogP contribution in [0.25, 0.3) is 11.0 Å². The molecule has 0 spiro atoms. The highest BCUT2D eigenvalue weighted by molar-refractivity contribution is 5.90. The van der Waals surface area contributed by atoms with Crippen molar-refractivity contribution in [2.45, 2.75) is 26.4 Å². The molecule has 3 aromatic rings. The maximum Gasteiger partial charge on any atom is 0.410 e. The summed E-state index contributed by atoms with van der Waals surface area (Å²) in [5, 5.41) is 3.96. The van der Waals surface area contributed by atoms with E-state index in [1.807, 2.05) is 55.5 Å². The first kappa shape index (κ1) is 19.8. The number of urea groups is 1. The average molecular weight is 407 g/mol. The molecule has 156 valence electrons. The summed E-state index contributed by atoms with van der Waals surface area (Å²) in [5.41, 5.74) is 3.57. The summed E-state index contributed by atoms with van der Waals surface area (Å²) in [6, 6.07) is 15.2. The van der Waals surface area contributed by atoms with Crippen LogP contribution >= 0.6 is 0 Å². The molecule has 3 amide bonds. The van der Waals surface area contributed by atoms with Crippen LogP contribution in [0.15, 0.2) is 52.9 Å². The Morgan fingerprint density at radius 3 is 2.63 bits per heavy atom. The minimum atomic E-state index is -0.285. The van der Waals surface area contributed by atoms with E-state index in [1.54, 1.807) is 16.8 Å². The molecule has 1 aromatic heterocycles. The highest BCUT2D eigenvalue weighted by atomic mass is 16.6. The molecular weight excluding hydrogens is 382 g/mol. The van der Waals surface area contributed by atoms with Crippen LogP contribution in [0.4, 0.5) is 15.3 Å². The third-order valence-electron chi connectivity index (χ3n) is 5.27. The van der Waals surface area contributed by atoms with Gasteiger partial charge in [-0.2, -0.15) is 0 Å². The second-order valence-electron chi connectivity index (χ2n) is 7.37. The smallest absolute Gasteiger partial charge is 0.410 e. The number of furan rings is 1. The quantitative estimate of drug-likeness (QED) is 0.647. The van der Waals surface area contributed by atoms with Gasteiger partial charge in [-0.15, -0.1) is 0 Å².